The molecule has 292 valence electrons. The summed E-state index contributed by atoms with van der Waals surface area (Å²) in [6.45, 7) is 8.98. The van der Waals surface area contributed by atoms with Crippen molar-refractivity contribution in [3.8, 4) is 0 Å². The number of hydrogen-bond acceptors (Lipinski definition) is 5. The van der Waals surface area contributed by atoms with Crippen LogP contribution in [0.5, 0.6) is 0 Å². The first kappa shape index (κ1) is 47.9. The van der Waals surface area contributed by atoms with Gasteiger partial charge in [-0.3, -0.25) is 9.78 Å². The lowest BCUT2D eigenvalue weighted by atomic mass is 9.86. The van der Waals surface area contributed by atoms with Crippen molar-refractivity contribution in [3.63, 3.8) is 0 Å². The number of unbranched alkanes of at least 4 members (excludes halogenated alkanes) is 28. The van der Waals surface area contributed by atoms with Crippen LogP contribution in [0.2, 0.25) is 0 Å². The van der Waals surface area contributed by atoms with E-state index in [-0.39, 0.29) is 11.9 Å². The Morgan fingerprint density at radius 2 is 0.776 bits per heavy atom. The molecule has 0 heterocycles. The van der Waals surface area contributed by atoms with Gasteiger partial charge in [-0.25, -0.2) is 9.59 Å². The Bertz CT molecular complexity index is 680. The third-order valence-corrected chi connectivity index (χ3v) is 10.6. The fraction of sp³-hybridized carbons (Fsp3) is 0.955. The quantitative estimate of drug-likeness (QED) is 0.0363. The van der Waals surface area contributed by atoms with Gasteiger partial charge in [0.2, 0.25) is 0 Å². The minimum atomic E-state index is -0.458. The highest BCUT2D eigenvalue weighted by atomic mass is 17.5. The van der Waals surface area contributed by atoms with Crippen molar-refractivity contribution in [3.05, 3.63) is 0 Å². The van der Waals surface area contributed by atoms with E-state index in [0.717, 1.165) is 57.8 Å². The molecule has 0 rings (SSSR count). The first-order valence-corrected chi connectivity index (χ1v) is 22.2. The van der Waals surface area contributed by atoms with E-state index < -0.39 is 5.97 Å². The largest absolute Gasteiger partial charge is 0.349 e. The third kappa shape index (κ3) is 35.1. The fourth-order valence-corrected chi connectivity index (χ4v) is 7.14. The summed E-state index contributed by atoms with van der Waals surface area (Å²) in [6, 6.07) is 0. The maximum atomic E-state index is 13.0. The van der Waals surface area contributed by atoms with Gasteiger partial charge in [0.25, 0.3) is 0 Å². The Labute approximate surface area is 306 Å². The molecular formula is C44H86O5. The predicted octanol–water partition coefficient (Wildman–Crippen LogP) is 15.3. The van der Waals surface area contributed by atoms with Crippen LogP contribution >= 0.6 is 0 Å². The van der Waals surface area contributed by atoms with E-state index in [1.807, 2.05) is 0 Å². The molecule has 2 unspecified atom stereocenters. The zero-order valence-electron chi connectivity index (χ0n) is 33.7. The minimum Gasteiger partial charge on any atom is -0.260 e. The Morgan fingerprint density at radius 1 is 0.408 bits per heavy atom. The second-order valence-electron chi connectivity index (χ2n) is 15.4. The number of carbonyl (C=O) groups is 2. The van der Waals surface area contributed by atoms with Gasteiger partial charge in [-0.05, 0) is 25.2 Å². The van der Waals surface area contributed by atoms with Crippen LogP contribution in [0.1, 0.15) is 259 Å². The molecule has 0 aromatic rings. The lowest BCUT2D eigenvalue weighted by Crippen LogP contribution is -2.22. The molecule has 0 aliphatic rings. The van der Waals surface area contributed by atoms with Gasteiger partial charge in [0, 0.05) is 11.5 Å². The van der Waals surface area contributed by atoms with Gasteiger partial charge >= 0.3 is 11.9 Å². The Hall–Kier alpha value is -1.10. The van der Waals surface area contributed by atoms with Crippen LogP contribution in [0.3, 0.4) is 0 Å². The molecule has 0 saturated carbocycles. The van der Waals surface area contributed by atoms with Crippen molar-refractivity contribution in [1.82, 2.24) is 0 Å². The van der Waals surface area contributed by atoms with E-state index in [0.29, 0.717) is 12.3 Å². The van der Waals surface area contributed by atoms with Gasteiger partial charge < -0.3 is 0 Å². The predicted molar refractivity (Wildman–Crippen MR) is 209 cm³/mol. The van der Waals surface area contributed by atoms with Gasteiger partial charge in [0.05, 0.1) is 5.92 Å². The monoisotopic (exact) mass is 695 g/mol. The summed E-state index contributed by atoms with van der Waals surface area (Å²) < 4.78 is 0. The molecule has 0 aliphatic heterocycles. The fourth-order valence-electron chi connectivity index (χ4n) is 7.14. The number of carbonyl (C=O) groups excluding carboxylic acids is 2. The molecule has 0 radical (unpaired) electrons. The van der Waals surface area contributed by atoms with Crippen molar-refractivity contribution >= 4 is 11.9 Å². The van der Waals surface area contributed by atoms with Crippen molar-refractivity contribution in [2.45, 2.75) is 259 Å². The average Bonchev–Trinajstić information content (AvgIpc) is 3.10. The number of hydrogen-bond donors (Lipinski definition) is 0. The van der Waals surface area contributed by atoms with E-state index in [1.165, 1.54) is 167 Å². The summed E-state index contributed by atoms with van der Waals surface area (Å²) >= 11 is 0. The summed E-state index contributed by atoms with van der Waals surface area (Å²) in [6.07, 6.45) is 44.3. The molecule has 0 aromatic heterocycles. The normalized spacial score (nSPS) is 12.7. The van der Waals surface area contributed by atoms with Gasteiger partial charge in [0.1, 0.15) is 0 Å². The second-order valence-corrected chi connectivity index (χ2v) is 15.4. The van der Waals surface area contributed by atoms with Crippen LogP contribution in [-0.2, 0) is 24.4 Å². The maximum Gasteiger partial charge on any atom is 0.349 e. The second kappa shape index (κ2) is 39.7. The van der Waals surface area contributed by atoms with Gasteiger partial charge in [-0.2, -0.15) is 0 Å². The van der Waals surface area contributed by atoms with E-state index in [2.05, 4.69) is 27.7 Å². The van der Waals surface area contributed by atoms with Crippen LogP contribution in [0, 0.1) is 11.8 Å². The Morgan fingerprint density at radius 3 is 1.16 bits per heavy atom. The van der Waals surface area contributed by atoms with Gasteiger partial charge in [-0.15, -0.1) is 0 Å². The maximum absolute atomic E-state index is 13.0. The summed E-state index contributed by atoms with van der Waals surface area (Å²) in [5.41, 5.74) is 0. The lowest BCUT2D eigenvalue weighted by Gasteiger charge is -2.20. The smallest absolute Gasteiger partial charge is 0.260 e. The van der Waals surface area contributed by atoms with Crippen LogP contribution in [0.15, 0.2) is 0 Å². The Balaban J connectivity index is 4.04. The van der Waals surface area contributed by atoms with E-state index in [9.17, 15) is 9.59 Å². The summed E-state index contributed by atoms with van der Waals surface area (Å²) in [5, 5.41) is 4.73. The highest BCUT2D eigenvalue weighted by Gasteiger charge is 2.25. The van der Waals surface area contributed by atoms with Crippen LogP contribution in [0.25, 0.3) is 0 Å². The van der Waals surface area contributed by atoms with Crippen molar-refractivity contribution in [2.24, 2.45) is 11.8 Å². The zero-order chi connectivity index (χ0) is 35.9. The van der Waals surface area contributed by atoms with Crippen molar-refractivity contribution in [2.75, 3.05) is 0 Å². The molecule has 0 amide bonds. The molecule has 49 heavy (non-hydrogen) atoms. The molecule has 0 aromatic carbocycles. The van der Waals surface area contributed by atoms with Crippen LogP contribution < -0.4 is 0 Å². The van der Waals surface area contributed by atoms with E-state index in [4.69, 9.17) is 14.8 Å². The molecule has 5 nitrogen and oxygen atoms in total. The summed E-state index contributed by atoms with van der Waals surface area (Å²) in [5.74, 6) is -0.532. The molecule has 0 N–H and O–H groups in total. The van der Waals surface area contributed by atoms with E-state index in [1.54, 1.807) is 0 Å². The van der Waals surface area contributed by atoms with Crippen molar-refractivity contribution < 1.29 is 24.4 Å². The summed E-state index contributed by atoms with van der Waals surface area (Å²) in [7, 11) is 0. The van der Waals surface area contributed by atoms with Crippen LogP contribution in [0.4, 0.5) is 0 Å². The minimum absolute atomic E-state index is 0.201. The molecule has 0 spiro atoms. The Kier molecular flexibility index (Phi) is 38.8. The molecular weight excluding hydrogens is 608 g/mol. The zero-order valence-corrected chi connectivity index (χ0v) is 33.7. The first-order chi connectivity index (χ1) is 24.1. The highest BCUT2D eigenvalue weighted by molar-refractivity contribution is 5.72. The lowest BCUT2D eigenvalue weighted by molar-refractivity contribution is -0.460. The molecule has 0 bridgehead atoms. The average molecular weight is 695 g/mol. The standard InChI is InChI=1S/C44H86O5/c1-5-9-12-14-16-18-20-22-24-26-28-30-32-34-36-39-43(45)47-49-48-44(46)42(40-41(8-4)37-11-7-3)38-35-33-31-29-27-25-23-21-19-17-15-13-10-6-2/h41-42H,5-40H2,1-4H3. The van der Waals surface area contributed by atoms with Crippen LogP contribution in [-0.4, -0.2) is 11.9 Å². The van der Waals surface area contributed by atoms with E-state index >= 15 is 0 Å². The van der Waals surface area contributed by atoms with Gasteiger partial charge in [0.15, 0.2) is 0 Å². The molecule has 0 fully saturated rings. The van der Waals surface area contributed by atoms with Crippen molar-refractivity contribution in [1.29, 1.82) is 0 Å². The van der Waals surface area contributed by atoms with Gasteiger partial charge in [-0.1, -0.05) is 233 Å². The first-order valence-electron chi connectivity index (χ1n) is 22.2. The third-order valence-electron chi connectivity index (χ3n) is 10.6. The summed E-state index contributed by atoms with van der Waals surface area (Å²) in [4.78, 5) is 35.0. The SMILES string of the molecule is CCCCCCCCCCCCCCCCCC(=O)OOOC(=O)C(CCCCCCCCCCCCCCCC)CC(CC)CCCC. The molecule has 5 heteroatoms. The molecule has 0 saturated heterocycles. The molecule has 0 aliphatic carbocycles. The highest BCUT2D eigenvalue weighted by Crippen LogP contribution is 2.27. The number of rotatable bonds is 40. The topological polar surface area (TPSA) is 61.8 Å². The molecule has 2 atom stereocenters.